The van der Waals surface area contributed by atoms with Crippen LogP contribution >= 0.6 is 11.6 Å². The van der Waals surface area contributed by atoms with Crippen molar-refractivity contribution in [1.29, 1.82) is 0 Å². The second-order valence-corrected chi connectivity index (χ2v) is 10.9. The second-order valence-electron chi connectivity index (χ2n) is 10.5. The summed E-state index contributed by atoms with van der Waals surface area (Å²) in [6.07, 6.45) is 5.93. The molecule has 0 spiro atoms. The quantitative estimate of drug-likeness (QED) is 0.310. The summed E-state index contributed by atoms with van der Waals surface area (Å²) >= 11 is 5.92. The Kier molecular flexibility index (Phi) is 10.4. The zero-order valence-electron chi connectivity index (χ0n) is 22.7. The van der Waals surface area contributed by atoms with E-state index in [-0.39, 0.29) is 49.3 Å². The van der Waals surface area contributed by atoms with Gasteiger partial charge in [0.05, 0.1) is 25.1 Å². The smallest absolute Gasteiger partial charge is 0.305 e. The topological polar surface area (TPSA) is 96.4 Å². The maximum absolute atomic E-state index is 14.4. The van der Waals surface area contributed by atoms with Crippen LogP contribution in [0.3, 0.4) is 0 Å². The molecule has 10 heteroatoms. The third-order valence-corrected chi connectivity index (χ3v) is 8.00. The first-order valence-electron chi connectivity index (χ1n) is 13.8. The predicted octanol–water partition coefficient (Wildman–Crippen LogP) is 5.61. The van der Waals surface area contributed by atoms with Crippen molar-refractivity contribution in [2.75, 3.05) is 26.8 Å². The first-order chi connectivity index (χ1) is 19.2. The third kappa shape index (κ3) is 7.73. The first-order valence-corrected chi connectivity index (χ1v) is 14.2. The van der Waals surface area contributed by atoms with Gasteiger partial charge in [-0.2, -0.15) is 0 Å². The molecule has 1 saturated heterocycles. The van der Waals surface area contributed by atoms with E-state index in [2.05, 4.69) is 4.90 Å². The predicted molar refractivity (Wildman–Crippen MR) is 148 cm³/mol. The van der Waals surface area contributed by atoms with Crippen LogP contribution in [0.5, 0.6) is 11.5 Å². The minimum atomic E-state index is -0.967. The molecule has 40 heavy (non-hydrogen) atoms. The van der Waals surface area contributed by atoms with E-state index in [0.29, 0.717) is 36.1 Å². The third-order valence-electron chi connectivity index (χ3n) is 7.70. The van der Waals surface area contributed by atoms with Crippen LogP contribution in [0.4, 0.5) is 4.39 Å². The number of likely N-dealkylation sites (tertiary alicyclic amines) is 1. The first kappa shape index (κ1) is 29.8. The molecular formula is C30H36ClFN2O6. The van der Waals surface area contributed by atoms with Gasteiger partial charge < -0.3 is 14.6 Å². The molecule has 0 bridgehead atoms. The van der Waals surface area contributed by atoms with E-state index < -0.39 is 17.8 Å². The van der Waals surface area contributed by atoms with E-state index in [1.165, 1.54) is 30.6 Å². The van der Waals surface area contributed by atoms with Gasteiger partial charge in [0.15, 0.2) is 11.5 Å². The number of hydrogen-bond donors (Lipinski definition) is 1. The fraction of sp³-hybridized carbons (Fsp3) is 0.500. The van der Waals surface area contributed by atoms with Crippen molar-refractivity contribution in [1.82, 2.24) is 9.80 Å². The van der Waals surface area contributed by atoms with Crippen LogP contribution in [0.25, 0.3) is 0 Å². The molecule has 2 fully saturated rings. The summed E-state index contributed by atoms with van der Waals surface area (Å²) < 4.78 is 25.9. The molecule has 2 aromatic carbocycles. The number of carboxylic acids is 1. The molecular weight excluding hydrogens is 539 g/mol. The van der Waals surface area contributed by atoms with Gasteiger partial charge in [0.25, 0.3) is 0 Å². The molecule has 1 saturated carbocycles. The molecule has 1 aliphatic carbocycles. The molecule has 1 aliphatic heterocycles. The summed E-state index contributed by atoms with van der Waals surface area (Å²) in [7, 11) is 1.53. The Morgan fingerprint density at radius 3 is 2.48 bits per heavy atom. The number of hydrogen-bond acceptors (Lipinski definition) is 6. The summed E-state index contributed by atoms with van der Waals surface area (Å²) in [5, 5.41) is 9.77. The van der Waals surface area contributed by atoms with Crippen LogP contribution in [-0.4, -0.2) is 59.5 Å². The van der Waals surface area contributed by atoms with Crippen LogP contribution in [0.1, 0.15) is 68.5 Å². The largest absolute Gasteiger partial charge is 0.493 e. The highest BCUT2D eigenvalue weighted by Crippen LogP contribution is 2.35. The molecule has 1 unspecified atom stereocenters. The van der Waals surface area contributed by atoms with Crippen LogP contribution < -0.4 is 9.47 Å². The fourth-order valence-corrected chi connectivity index (χ4v) is 5.75. The SMILES string of the molecule is COc1cc(CN(CC2CCCCC2)C(CC(=O)O)c2ccc(Cl)c(F)c2)ccc1OCCN1C(=O)CCC1=O. The number of halogens is 2. The Morgan fingerprint density at radius 1 is 1.10 bits per heavy atom. The summed E-state index contributed by atoms with van der Waals surface area (Å²) in [6.45, 7) is 1.42. The lowest BCUT2D eigenvalue weighted by molar-refractivity contribution is -0.140. The van der Waals surface area contributed by atoms with Crippen molar-refractivity contribution in [2.24, 2.45) is 5.92 Å². The number of carboxylic acid groups (broad SMARTS) is 1. The molecule has 1 heterocycles. The average Bonchev–Trinajstić information content (AvgIpc) is 3.26. The van der Waals surface area contributed by atoms with Crippen molar-refractivity contribution in [3.8, 4) is 11.5 Å². The zero-order valence-corrected chi connectivity index (χ0v) is 23.5. The maximum atomic E-state index is 14.4. The summed E-state index contributed by atoms with van der Waals surface area (Å²) in [5.41, 5.74) is 1.45. The van der Waals surface area contributed by atoms with Crippen molar-refractivity contribution < 1.29 is 33.4 Å². The standard InChI is InChI=1S/C30H36ClFN2O6/c1-39-27-15-21(7-10-26(27)40-14-13-34-28(35)11-12-29(34)36)19-33(18-20-5-3-2-4-6-20)25(17-30(37)38)22-8-9-23(31)24(32)16-22/h7-10,15-16,20,25H,2-6,11-14,17-19H2,1H3,(H,37,38). The van der Waals surface area contributed by atoms with E-state index in [0.717, 1.165) is 31.2 Å². The highest BCUT2D eigenvalue weighted by molar-refractivity contribution is 6.30. The number of ether oxygens (including phenoxy) is 2. The average molecular weight is 575 g/mol. The molecule has 0 radical (unpaired) electrons. The van der Waals surface area contributed by atoms with E-state index in [1.54, 1.807) is 12.1 Å². The van der Waals surface area contributed by atoms with Crippen molar-refractivity contribution in [3.63, 3.8) is 0 Å². The maximum Gasteiger partial charge on any atom is 0.305 e. The number of benzene rings is 2. The van der Waals surface area contributed by atoms with Gasteiger partial charge in [-0.05, 0) is 54.2 Å². The summed E-state index contributed by atoms with van der Waals surface area (Å²) in [5.74, 6) is -0.538. The monoisotopic (exact) mass is 574 g/mol. The minimum absolute atomic E-state index is 0.00422. The molecule has 2 aliphatic rings. The van der Waals surface area contributed by atoms with E-state index in [9.17, 15) is 23.9 Å². The van der Waals surface area contributed by atoms with Gasteiger partial charge in [-0.3, -0.25) is 24.2 Å². The van der Waals surface area contributed by atoms with Crippen LogP contribution in [0.15, 0.2) is 36.4 Å². The van der Waals surface area contributed by atoms with Crippen molar-refractivity contribution in [2.45, 2.75) is 64.0 Å². The van der Waals surface area contributed by atoms with Gasteiger partial charge in [-0.15, -0.1) is 0 Å². The molecule has 2 amide bonds. The Hall–Kier alpha value is -3.17. The van der Waals surface area contributed by atoms with Gasteiger partial charge in [0, 0.05) is 32.0 Å². The molecule has 1 atom stereocenters. The number of amides is 2. The number of rotatable bonds is 13. The van der Waals surface area contributed by atoms with Crippen molar-refractivity contribution >= 4 is 29.4 Å². The Morgan fingerprint density at radius 2 is 1.82 bits per heavy atom. The van der Waals surface area contributed by atoms with Gasteiger partial charge in [0.1, 0.15) is 12.4 Å². The Balaban J connectivity index is 1.54. The number of aliphatic carboxylic acids is 1. The lowest BCUT2D eigenvalue weighted by Crippen LogP contribution is -2.35. The molecule has 0 aromatic heterocycles. The van der Waals surface area contributed by atoms with Crippen LogP contribution in [0, 0.1) is 11.7 Å². The van der Waals surface area contributed by atoms with E-state index in [1.807, 2.05) is 12.1 Å². The lowest BCUT2D eigenvalue weighted by atomic mass is 9.88. The van der Waals surface area contributed by atoms with E-state index in [4.69, 9.17) is 21.1 Å². The summed E-state index contributed by atoms with van der Waals surface area (Å²) in [4.78, 5) is 39.0. The van der Waals surface area contributed by atoms with Gasteiger partial charge in [-0.1, -0.05) is 43.0 Å². The van der Waals surface area contributed by atoms with Crippen LogP contribution in [0.2, 0.25) is 5.02 Å². The lowest BCUT2D eigenvalue weighted by Gasteiger charge is -2.35. The number of imide groups is 1. The number of carbonyl (C=O) groups excluding carboxylic acids is 2. The Bertz CT molecular complexity index is 1200. The van der Waals surface area contributed by atoms with Crippen LogP contribution in [-0.2, 0) is 20.9 Å². The fourth-order valence-electron chi connectivity index (χ4n) is 5.63. The van der Waals surface area contributed by atoms with Gasteiger partial charge in [-0.25, -0.2) is 4.39 Å². The highest BCUT2D eigenvalue weighted by Gasteiger charge is 2.29. The second kappa shape index (κ2) is 13.9. The van der Waals surface area contributed by atoms with E-state index >= 15 is 0 Å². The molecule has 216 valence electrons. The number of methoxy groups -OCH3 is 1. The Labute approximate surface area is 239 Å². The zero-order chi connectivity index (χ0) is 28.6. The number of nitrogens with zero attached hydrogens (tertiary/aromatic N) is 2. The molecule has 2 aromatic rings. The van der Waals surface area contributed by atoms with Crippen molar-refractivity contribution in [3.05, 3.63) is 58.4 Å². The molecule has 4 rings (SSSR count). The number of carbonyl (C=O) groups is 3. The van der Waals surface area contributed by atoms with Gasteiger partial charge in [0.2, 0.25) is 11.8 Å². The minimum Gasteiger partial charge on any atom is -0.493 e. The normalized spacial score (nSPS) is 16.9. The summed E-state index contributed by atoms with van der Waals surface area (Å²) in [6, 6.07) is 9.45. The highest BCUT2D eigenvalue weighted by atomic mass is 35.5. The van der Waals surface area contributed by atoms with Gasteiger partial charge >= 0.3 is 5.97 Å². The molecule has 1 N–H and O–H groups in total. The molecule has 8 nitrogen and oxygen atoms in total.